The molecule has 96 valence electrons. The van der Waals surface area contributed by atoms with E-state index in [2.05, 4.69) is 9.97 Å². The van der Waals surface area contributed by atoms with Crippen LogP contribution in [0.15, 0.2) is 29.6 Å². The van der Waals surface area contributed by atoms with Crippen molar-refractivity contribution >= 4 is 33.2 Å². The highest BCUT2D eigenvalue weighted by Crippen LogP contribution is 2.32. The quantitative estimate of drug-likeness (QED) is 0.657. The predicted octanol–water partition coefficient (Wildman–Crippen LogP) is 4.42. The Morgan fingerprint density at radius 2 is 2.00 bits per heavy atom. The molecule has 3 rings (SSSR count). The van der Waals surface area contributed by atoms with Crippen LogP contribution in [0.3, 0.4) is 0 Å². The number of hydrogen-bond acceptors (Lipinski definition) is 4. The van der Waals surface area contributed by atoms with E-state index in [0.29, 0.717) is 10.2 Å². The molecule has 3 nitrogen and oxygen atoms in total. The first-order valence-corrected chi connectivity index (χ1v) is 6.43. The molecule has 0 fully saturated rings. The Labute approximate surface area is 115 Å². The monoisotopic (exact) mass is 298 g/mol. The summed E-state index contributed by atoms with van der Waals surface area (Å²) in [5, 5.41) is 2.37. The molecule has 2 aromatic heterocycles. The highest BCUT2D eigenvalue weighted by atomic mass is 35.5. The standard InChI is InChI=1S/C12H5ClF2N2OS/c13-12-16-10(6-4-5-19-11(6)17-12)18-8-3-1-2-7(14)9(8)15/h1-5H. The molecule has 3 aromatic rings. The molecule has 0 N–H and O–H groups in total. The Hall–Kier alpha value is -1.79. The van der Waals surface area contributed by atoms with Gasteiger partial charge in [-0.15, -0.1) is 11.3 Å². The summed E-state index contributed by atoms with van der Waals surface area (Å²) in [5.41, 5.74) is 0. The van der Waals surface area contributed by atoms with Crippen molar-refractivity contribution in [3.05, 3.63) is 46.6 Å². The van der Waals surface area contributed by atoms with Crippen LogP contribution in [0.25, 0.3) is 10.2 Å². The lowest BCUT2D eigenvalue weighted by atomic mass is 10.3. The molecule has 7 heteroatoms. The van der Waals surface area contributed by atoms with Crippen molar-refractivity contribution in [2.24, 2.45) is 0 Å². The van der Waals surface area contributed by atoms with Crippen LogP contribution in [0.4, 0.5) is 8.78 Å². The van der Waals surface area contributed by atoms with Gasteiger partial charge in [-0.25, -0.2) is 9.37 Å². The second kappa shape index (κ2) is 4.71. The number of aromatic nitrogens is 2. The zero-order valence-electron chi connectivity index (χ0n) is 9.23. The Balaban J connectivity index is 2.10. The number of benzene rings is 1. The zero-order chi connectivity index (χ0) is 13.4. The third-order valence-electron chi connectivity index (χ3n) is 2.39. The molecule has 0 saturated heterocycles. The molecule has 0 aliphatic rings. The predicted molar refractivity (Wildman–Crippen MR) is 68.9 cm³/mol. The van der Waals surface area contributed by atoms with Gasteiger partial charge < -0.3 is 4.74 Å². The maximum absolute atomic E-state index is 13.5. The molecule has 0 amide bonds. The number of nitrogens with zero attached hydrogens (tertiary/aromatic N) is 2. The first-order chi connectivity index (χ1) is 9.15. The molecule has 19 heavy (non-hydrogen) atoms. The highest BCUT2D eigenvalue weighted by Gasteiger charge is 2.14. The van der Waals surface area contributed by atoms with Gasteiger partial charge in [-0.2, -0.15) is 9.37 Å². The summed E-state index contributed by atoms with van der Waals surface area (Å²) in [7, 11) is 0. The lowest BCUT2D eigenvalue weighted by Crippen LogP contribution is -1.95. The third-order valence-corrected chi connectivity index (χ3v) is 3.36. The number of rotatable bonds is 2. The summed E-state index contributed by atoms with van der Waals surface area (Å²) >= 11 is 7.10. The minimum Gasteiger partial charge on any atom is -0.435 e. The molecule has 0 saturated carbocycles. The number of halogens is 3. The molecule has 1 aromatic carbocycles. The minimum atomic E-state index is -1.07. The summed E-state index contributed by atoms with van der Waals surface area (Å²) < 4.78 is 31.9. The van der Waals surface area contributed by atoms with Crippen molar-refractivity contribution in [1.82, 2.24) is 9.97 Å². The largest absolute Gasteiger partial charge is 0.435 e. The molecule has 0 spiro atoms. The Bertz CT molecular complexity index is 763. The Morgan fingerprint density at radius 1 is 1.16 bits per heavy atom. The van der Waals surface area contributed by atoms with E-state index in [0.717, 1.165) is 6.07 Å². The maximum Gasteiger partial charge on any atom is 0.232 e. The molecule has 0 aliphatic heterocycles. The van der Waals surface area contributed by atoms with Crippen LogP contribution in [0.2, 0.25) is 5.28 Å². The summed E-state index contributed by atoms with van der Waals surface area (Å²) in [5.74, 6) is -2.21. The van der Waals surface area contributed by atoms with Crippen molar-refractivity contribution in [3.8, 4) is 11.6 Å². The van der Waals surface area contributed by atoms with Gasteiger partial charge in [0.1, 0.15) is 4.83 Å². The van der Waals surface area contributed by atoms with Crippen LogP contribution in [0.1, 0.15) is 0 Å². The van der Waals surface area contributed by atoms with Gasteiger partial charge in [0.15, 0.2) is 11.6 Å². The van der Waals surface area contributed by atoms with E-state index in [1.165, 1.54) is 23.5 Å². The fourth-order valence-electron chi connectivity index (χ4n) is 1.55. The van der Waals surface area contributed by atoms with Gasteiger partial charge in [-0.3, -0.25) is 0 Å². The van der Waals surface area contributed by atoms with Crippen LogP contribution >= 0.6 is 22.9 Å². The van der Waals surface area contributed by atoms with E-state index in [-0.39, 0.29) is 16.9 Å². The smallest absolute Gasteiger partial charge is 0.232 e. The summed E-state index contributed by atoms with van der Waals surface area (Å²) in [4.78, 5) is 8.51. The van der Waals surface area contributed by atoms with Crippen LogP contribution in [0.5, 0.6) is 11.6 Å². The molecule has 0 aliphatic carbocycles. The van der Waals surface area contributed by atoms with Gasteiger partial charge in [0.2, 0.25) is 17.0 Å². The summed E-state index contributed by atoms with van der Waals surface area (Å²) in [6.07, 6.45) is 0. The number of ether oxygens (including phenoxy) is 1. The maximum atomic E-state index is 13.5. The van der Waals surface area contributed by atoms with Crippen molar-refractivity contribution in [2.75, 3.05) is 0 Å². The van der Waals surface area contributed by atoms with Crippen molar-refractivity contribution in [3.63, 3.8) is 0 Å². The molecular formula is C12H5ClF2N2OS. The molecule has 0 unspecified atom stereocenters. The molecular weight excluding hydrogens is 294 g/mol. The second-order valence-electron chi connectivity index (χ2n) is 3.59. The third kappa shape index (κ3) is 2.24. The topological polar surface area (TPSA) is 35.0 Å². The average molecular weight is 299 g/mol. The van der Waals surface area contributed by atoms with Crippen molar-refractivity contribution in [2.45, 2.75) is 0 Å². The molecule has 2 heterocycles. The van der Waals surface area contributed by atoms with Gasteiger partial charge in [-0.05, 0) is 35.2 Å². The zero-order valence-corrected chi connectivity index (χ0v) is 10.8. The average Bonchev–Trinajstić information content (AvgIpc) is 2.83. The minimum absolute atomic E-state index is 0.0123. The van der Waals surface area contributed by atoms with Crippen LogP contribution in [-0.2, 0) is 0 Å². The van der Waals surface area contributed by atoms with Gasteiger partial charge in [0, 0.05) is 0 Å². The first kappa shape index (κ1) is 12.3. The normalized spacial score (nSPS) is 10.9. The number of fused-ring (bicyclic) bond motifs is 1. The van der Waals surface area contributed by atoms with Gasteiger partial charge >= 0.3 is 0 Å². The van der Waals surface area contributed by atoms with E-state index >= 15 is 0 Å². The lowest BCUT2D eigenvalue weighted by molar-refractivity contribution is 0.408. The van der Waals surface area contributed by atoms with Crippen LogP contribution in [-0.4, -0.2) is 9.97 Å². The van der Waals surface area contributed by atoms with E-state index in [9.17, 15) is 8.78 Å². The van der Waals surface area contributed by atoms with Gasteiger partial charge in [-0.1, -0.05) is 6.07 Å². The van der Waals surface area contributed by atoms with Gasteiger partial charge in [0.05, 0.1) is 5.39 Å². The summed E-state index contributed by atoms with van der Waals surface area (Å²) in [6, 6.07) is 5.40. The van der Waals surface area contributed by atoms with Crippen LogP contribution in [0, 0.1) is 11.6 Å². The van der Waals surface area contributed by atoms with Crippen molar-refractivity contribution in [1.29, 1.82) is 0 Å². The summed E-state index contributed by atoms with van der Waals surface area (Å²) in [6.45, 7) is 0. The molecule has 0 radical (unpaired) electrons. The van der Waals surface area contributed by atoms with Crippen LogP contribution < -0.4 is 4.74 Å². The van der Waals surface area contributed by atoms with Gasteiger partial charge in [0.25, 0.3) is 0 Å². The van der Waals surface area contributed by atoms with E-state index in [4.69, 9.17) is 16.3 Å². The first-order valence-electron chi connectivity index (χ1n) is 5.18. The fourth-order valence-corrected chi connectivity index (χ4v) is 2.51. The lowest BCUT2D eigenvalue weighted by Gasteiger charge is -2.07. The van der Waals surface area contributed by atoms with E-state index < -0.39 is 11.6 Å². The SMILES string of the molecule is Fc1cccc(Oc2nc(Cl)nc3sccc23)c1F. The number of hydrogen-bond donors (Lipinski definition) is 0. The van der Waals surface area contributed by atoms with Crippen molar-refractivity contribution < 1.29 is 13.5 Å². The second-order valence-corrected chi connectivity index (χ2v) is 4.82. The van der Waals surface area contributed by atoms with E-state index in [1.807, 2.05) is 0 Å². The molecule has 0 bridgehead atoms. The number of thiophene rings is 1. The van der Waals surface area contributed by atoms with E-state index in [1.54, 1.807) is 11.4 Å². The Morgan fingerprint density at radius 3 is 2.84 bits per heavy atom. The Kier molecular flexibility index (Phi) is 3.04. The molecule has 0 atom stereocenters. The fraction of sp³-hybridized carbons (Fsp3) is 0. The highest BCUT2D eigenvalue weighted by molar-refractivity contribution is 7.16.